The molecule has 1 aliphatic heterocycles. The summed E-state index contributed by atoms with van der Waals surface area (Å²) < 4.78 is 65.1. The Morgan fingerprint density at radius 3 is 2.38 bits per heavy atom. The first-order valence-electron chi connectivity index (χ1n) is 8.52. The Labute approximate surface area is 166 Å². The molecule has 1 saturated heterocycles. The highest BCUT2D eigenvalue weighted by atomic mass is 32.1. The molecule has 2 heterocycles. The number of rotatable bonds is 6. The molecule has 2 aromatic rings. The fourth-order valence-electron chi connectivity index (χ4n) is 2.82. The molecule has 1 fully saturated rings. The summed E-state index contributed by atoms with van der Waals surface area (Å²) in [5, 5.41) is 30.6. The van der Waals surface area contributed by atoms with Crippen LogP contribution in [0.4, 0.5) is 17.6 Å². The molecule has 0 spiro atoms. The van der Waals surface area contributed by atoms with Gasteiger partial charge in [0.05, 0.1) is 11.5 Å². The van der Waals surface area contributed by atoms with Gasteiger partial charge in [-0.2, -0.15) is 0 Å². The largest absolute Gasteiger partial charge is 0.573 e. The second-order valence-electron chi connectivity index (χ2n) is 6.35. The van der Waals surface area contributed by atoms with Gasteiger partial charge in [0.2, 0.25) is 6.29 Å². The fourth-order valence-corrected chi connectivity index (χ4v) is 3.66. The maximum Gasteiger partial charge on any atom is 0.573 e. The number of aliphatic hydroxyl groups excluding tert-OH is 3. The van der Waals surface area contributed by atoms with E-state index >= 15 is 0 Å². The Morgan fingerprint density at radius 1 is 1.07 bits per heavy atom. The first-order valence-corrected chi connectivity index (χ1v) is 9.40. The maximum absolute atomic E-state index is 13.8. The van der Waals surface area contributed by atoms with Gasteiger partial charge in [-0.3, -0.25) is 0 Å². The van der Waals surface area contributed by atoms with Gasteiger partial charge in [-0.05, 0) is 29.1 Å². The first kappa shape index (κ1) is 21.8. The van der Waals surface area contributed by atoms with Crippen LogP contribution in [0.25, 0.3) is 0 Å². The molecule has 0 aliphatic carbocycles. The Bertz CT molecular complexity index is 794. The third-order valence-electron chi connectivity index (χ3n) is 4.27. The summed E-state index contributed by atoms with van der Waals surface area (Å²) in [5.74, 6) is -0.0386. The van der Waals surface area contributed by atoms with E-state index in [9.17, 15) is 27.8 Å². The van der Waals surface area contributed by atoms with Gasteiger partial charge in [-0.25, -0.2) is 4.39 Å². The predicted octanol–water partition coefficient (Wildman–Crippen LogP) is 2.39. The molecular formula is C18H18F4O6S. The van der Waals surface area contributed by atoms with Gasteiger partial charge < -0.3 is 29.5 Å². The smallest absolute Gasteiger partial charge is 0.461 e. The number of alkyl halides is 4. The number of hydrogen-bond donors (Lipinski definition) is 3. The van der Waals surface area contributed by atoms with Crippen molar-refractivity contribution >= 4 is 11.3 Å². The van der Waals surface area contributed by atoms with Crippen LogP contribution in [0.2, 0.25) is 0 Å². The van der Waals surface area contributed by atoms with Gasteiger partial charge in [-0.1, -0.05) is 12.1 Å². The van der Waals surface area contributed by atoms with Crippen LogP contribution in [-0.4, -0.2) is 59.1 Å². The Morgan fingerprint density at radius 2 is 1.76 bits per heavy atom. The predicted molar refractivity (Wildman–Crippen MR) is 93.5 cm³/mol. The lowest BCUT2D eigenvalue weighted by atomic mass is 10.0. The third kappa shape index (κ3) is 5.37. The molecule has 29 heavy (non-hydrogen) atoms. The molecule has 11 heteroatoms. The molecule has 0 radical (unpaired) electrons. The lowest BCUT2D eigenvalue weighted by Gasteiger charge is -2.38. The zero-order valence-electron chi connectivity index (χ0n) is 14.8. The van der Waals surface area contributed by atoms with E-state index in [1.54, 1.807) is 11.4 Å². The minimum absolute atomic E-state index is 0.302. The number of thiophene rings is 1. The summed E-state index contributed by atoms with van der Waals surface area (Å²) in [5.41, 5.74) is 0.675. The SMILES string of the molecule is OCC1OC(Oc2ccsc2Cc2ccc(OC(F)(F)F)cc2)C(O)C(O)C1F. The van der Waals surface area contributed by atoms with Crippen LogP contribution in [-0.2, 0) is 11.2 Å². The standard InChI is InChI=1S/C18H18F4O6S/c19-14-12(8-23)27-17(16(25)15(14)24)26-11-5-6-29-13(11)7-9-1-3-10(4-2-9)28-18(20,21)22/h1-6,12,14-17,23-25H,7-8H2. The summed E-state index contributed by atoms with van der Waals surface area (Å²) >= 11 is 1.30. The van der Waals surface area contributed by atoms with E-state index in [4.69, 9.17) is 14.6 Å². The van der Waals surface area contributed by atoms with E-state index in [1.165, 1.54) is 35.6 Å². The Kier molecular flexibility index (Phi) is 6.64. The van der Waals surface area contributed by atoms with Crippen LogP contribution in [0.15, 0.2) is 35.7 Å². The topological polar surface area (TPSA) is 88.4 Å². The lowest BCUT2D eigenvalue weighted by molar-refractivity contribution is -0.274. The summed E-state index contributed by atoms with van der Waals surface area (Å²) in [6.07, 6.45) is -12.6. The average molecular weight is 438 g/mol. The number of benzene rings is 1. The second kappa shape index (κ2) is 8.84. The second-order valence-corrected chi connectivity index (χ2v) is 7.35. The van der Waals surface area contributed by atoms with Crippen molar-refractivity contribution in [3.05, 3.63) is 46.2 Å². The van der Waals surface area contributed by atoms with E-state index in [-0.39, 0.29) is 5.75 Å². The Hall–Kier alpha value is -1.92. The average Bonchev–Trinajstić information content (AvgIpc) is 3.09. The van der Waals surface area contributed by atoms with Crippen molar-refractivity contribution in [3.8, 4) is 11.5 Å². The Balaban J connectivity index is 1.68. The van der Waals surface area contributed by atoms with E-state index in [1.807, 2.05) is 0 Å². The molecule has 160 valence electrons. The summed E-state index contributed by atoms with van der Waals surface area (Å²) in [7, 11) is 0. The van der Waals surface area contributed by atoms with Crippen molar-refractivity contribution in [3.63, 3.8) is 0 Å². The van der Waals surface area contributed by atoms with Gasteiger partial charge in [0, 0.05) is 6.42 Å². The molecule has 0 amide bonds. The zero-order chi connectivity index (χ0) is 21.2. The molecule has 6 nitrogen and oxygen atoms in total. The molecule has 5 unspecified atom stereocenters. The zero-order valence-corrected chi connectivity index (χ0v) is 15.6. The van der Waals surface area contributed by atoms with E-state index in [0.29, 0.717) is 22.6 Å². The van der Waals surface area contributed by atoms with Crippen molar-refractivity contribution < 1.29 is 47.1 Å². The highest BCUT2D eigenvalue weighted by Gasteiger charge is 2.46. The molecule has 1 aliphatic rings. The molecule has 0 saturated carbocycles. The third-order valence-corrected chi connectivity index (χ3v) is 5.17. The number of halogens is 4. The van der Waals surface area contributed by atoms with E-state index < -0.39 is 43.7 Å². The van der Waals surface area contributed by atoms with Crippen LogP contribution >= 0.6 is 11.3 Å². The van der Waals surface area contributed by atoms with E-state index in [2.05, 4.69) is 4.74 Å². The summed E-state index contributed by atoms with van der Waals surface area (Å²) in [6.45, 7) is -0.701. The van der Waals surface area contributed by atoms with Gasteiger partial charge in [-0.15, -0.1) is 24.5 Å². The van der Waals surface area contributed by atoms with E-state index in [0.717, 1.165) is 0 Å². The summed E-state index contributed by atoms with van der Waals surface area (Å²) in [6, 6.07) is 6.90. The minimum Gasteiger partial charge on any atom is -0.461 e. The summed E-state index contributed by atoms with van der Waals surface area (Å²) in [4.78, 5) is 0.669. The van der Waals surface area contributed by atoms with Crippen molar-refractivity contribution in [2.45, 2.75) is 43.6 Å². The number of ether oxygens (including phenoxy) is 3. The van der Waals surface area contributed by atoms with Gasteiger partial charge in [0.25, 0.3) is 0 Å². The highest BCUT2D eigenvalue weighted by Crippen LogP contribution is 2.32. The molecular weight excluding hydrogens is 420 g/mol. The maximum atomic E-state index is 13.8. The van der Waals surface area contributed by atoms with Crippen molar-refractivity contribution in [2.24, 2.45) is 0 Å². The van der Waals surface area contributed by atoms with Crippen molar-refractivity contribution in [2.75, 3.05) is 6.61 Å². The van der Waals surface area contributed by atoms with Gasteiger partial charge in [0.15, 0.2) is 6.17 Å². The van der Waals surface area contributed by atoms with Crippen LogP contribution < -0.4 is 9.47 Å². The van der Waals surface area contributed by atoms with Crippen LogP contribution in [0.5, 0.6) is 11.5 Å². The molecule has 3 N–H and O–H groups in total. The lowest BCUT2D eigenvalue weighted by Crippen LogP contribution is -2.58. The quantitative estimate of drug-likeness (QED) is 0.601. The van der Waals surface area contributed by atoms with Crippen LogP contribution in [0.3, 0.4) is 0 Å². The monoisotopic (exact) mass is 438 g/mol. The number of hydrogen-bond acceptors (Lipinski definition) is 7. The van der Waals surface area contributed by atoms with Gasteiger partial charge in [0.1, 0.15) is 29.8 Å². The molecule has 3 rings (SSSR count). The fraction of sp³-hybridized carbons (Fsp3) is 0.444. The molecule has 0 bridgehead atoms. The minimum atomic E-state index is -4.77. The normalized spacial score (nSPS) is 27.6. The van der Waals surface area contributed by atoms with Gasteiger partial charge >= 0.3 is 6.36 Å². The first-order chi connectivity index (χ1) is 13.7. The van der Waals surface area contributed by atoms with Crippen molar-refractivity contribution in [1.82, 2.24) is 0 Å². The highest BCUT2D eigenvalue weighted by molar-refractivity contribution is 7.10. The van der Waals surface area contributed by atoms with Crippen LogP contribution in [0, 0.1) is 0 Å². The molecule has 1 aromatic heterocycles. The van der Waals surface area contributed by atoms with Crippen molar-refractivity contribution in [1.29, 1.82) is 0 Å². The molecule has 1 aromatic carbocycles. The number of aliphatic hydroxyl groups is 3. The van der Waals surface area contributed by atoms with Crippen LogP contribution in [0.1, 0.15) is 10.4 Å². The molecule has 5 atom stereocenters.